The van der Waals surface area contributed by atoms with E-state index < -0.39 is 11.7 Å². The van der Waals surface area contributed by atoms with Gasteiger partial charge >= 0.3 is 5.97 Å². The lowest BCUT2D eigenvalue weighted by atomic mass is 10.2. The van der Waals surface area contributed by atoms with E-state index in [-0.39, 0.29) is 24.4 Å². The number of esters is 1. The van der Waals surface area contributed by atoms with Gasteiger partial charge in [-0.15, -0.1) is 0 Å². The summed E-state index contributed by atoms with van der Waals surface area (Å²) in [5.41, 5.74) is -0.478. The highest BCUT2D eigenvalue weighted by molar-refractivity contribution is 5.76. The van der Waals surface area contributed by atoms with Crippen LogP contribution < -0.4 is 0 Å². The van der Waals surface area contributed by atoms with Gasteiger partial charge in [0.2, 0.25) is 0 Å². The number of rotatable bonds is 3. The summed E-state index contributed by atoms with van der Waals surface area (Å²) in [4.78, 5) is 11.4. The molecule has 1 fully saturated rings. The van der Waals surface area contributed by atoms with Crippen molar-refractivity contribution in [1.29, 1.82) is 0 Å². The van der Waals surface area contributed by atoms with Gasteiger partial charge in [0.1, 0.15) is 5.60 Å². The molecule has 0 spiro atoms. The SMILES string of the molecule is CC(C)(C)OC(=O)[C@H]1C[C@@H]1[C@H](O)CO. The highest BCUT2D eigenvalue weighted by atomic mass is 16.6. The lowest BCUT2D eigenvalue weighted by molar-refractivity contribution is -0.157. The van der Waals surface area contributed by atoms with E-state index in [9.17, 15) is 9.90 Å². The number of carbonyl (C=O) groups is 1. The fourth-order valence-electron chi connectivity index (χ4n) is 1.42. The van der Waals surface area contributed by atoms with E-state index >= 15 is 0 Å². The Bertz CT molecular complexity index is 219. The molecule has 0 aromatic heterocycles. The molecule has 4 heteroatoms. The summed E-state index contributed by atoms with van der Waals surface area (Å²) >= 11 is 0. The van der Waals surface area contributed by atoms with E-state index in [0.717, 1.165) is 0 Å². The van der Waals surface area contributed by atoms with Crippen molar-refractivity contribution in [1.82, 2.24) is 0 Å². The van der Waals surface area contributed by atoms with Crippen molar-refractivity contribution in [3.05, 3.63) is 0 Å². The van der Waals surface area contributed by atoms with Crippen LogP contribution in [0, 0.1) is 11.8 Å². The van der Waals surface area contributed by atoms with E-state index in [1.165, 1.54) is 0 Å². The van der Waals surface area contributed by atoms with Gasteiger partial charge in [-0.3, -0.25) is 4.79 Å². The van der Waals surface area contributed by atoms with E-state index in [1.54, 1.807) is 0 Å². The van der Waals surface area contributed by atoms with Gasteiger partial charge < -0.3 is 14.9 Å². The third-order valence-corrected chi connectivity index (χ3v) is 2.23. The van der Waals surface area contributed by atoms with Crippen molar-refractivity contribution >= 4 is 5.97 Å². The monoisotopic (exact) mass is 202 g/mol. The first kappa shape index (κ1) is 11.5. The highest BCUT2D eigenvalue weighted by Gasteiger charge is 2.48. The molecule has 2 N–H and O–H groups in total. The Kier molecular flexibility index (Phi) is 3.17. The van der Waals surface area contributed by atoms with Crippen LogP contribution in [0.3, 0.4) is 0 Å². The second-order valence-electron chi connectivity index (χ2n) is 4.79. The molecule has 0 aliphatic heterocycles. The number of hydrogen-bond donors (Lipinski definition) is 2. The first-order valence-electron chi connectivity index (χ1n) is 4.87. The average molecular weight is 202 g/mol. The largest absolute Gasteiger partial charge is 0.460 e. The quantitative estimate of drug-likeness (QED) is 0.647. The zero-order chi connectivity index (χ0) is 10.9. The summed E-state index contributed by atoms with van der Waals surface area (Å²) in [6.45, 7) is 5.14. The van der Waals surface area contributed by atoms with Crippen molar-refractivity contribution in [3.63, 3.8) is 0 Å². The molecule has 0 amide bonds. The van der Waals surface area contributed by atoms with Crippen LogP contribution >= 0.6 is 0 Å². The summed E-state index contributed by atoms with van der Waals surface area (Å²) in [5, 5.41) is 17.9. The standard InChI is InChI=1S/C10H18O4/c1-10(2,3)14-9(13)7-4-6(7)8(12)5-11/h6-8,11-12H,4-5H2,1-3H3/t6-,7-,8+/m0/s1. The normalized spacial score (nSPS) is 28.4. The summed E-state index contributed by atoms with van der Waals surface area (Å²) in [7, 11) is 0. The van der Waals surface area contributed by atoms with Gasteiger partial charge in [0.25, 0.3) is 0 Å². The first-order chi connectivity index (χ1) is 6.35. The molecule has 0 aromatic carbocycles. The molecule has 0 aromatic rings. The number of carbonyl (C=O) groups excluding carboxylic acids is 1. The molecule has 1 saturated carbocycles. The van der Waals surface area contributed by atoms with E-state index in [2.05, 4.69) is 0 Å². The van der Waals surface area contributed by atoms with Gasteiger partial charge in [0, 0.05) is 5.92 Å². The Balaban J connectivity index is 2.36. The van der Waals surface area contributed by atoms with Gasteiger partial charge in [-0.1, -0.05) is 0 Å². The molecular weight excluding hydrogens is 184 g/mol. The number of ether oxygens (including phenoxy) is 1. The molecule has 0 heterocycles. The molecule has 1 aliphatic rings. The van der Waals surface area contributed by atoms with Gasteiger partial charge in [-0.25, -0.2) is 0 Å². The predicted octanol–water partition coefficient (Wildman–Crippen LogP) is 0.317. The smallest absolute Gasteiger partial charge is 0.309 e. The molecule has 14 heavy (non-hydrogen) atoms. The maximum absolute atomic E-state index is 11.4. The van der Waals surface area contributed by atoms with Gasteiger partial charge in [-0.05, 0) is 27.2 Å². The number of aliphatic hydroxyl groups excluding tert-OH is 2. The molecular formula is C10H18O4. The Hall–Kier alpha value is -0.610. The van der Waals surface area contributed by atoms with Gasteiger partial charge in [-0.2, -0.15) is 0 Å². The fraction of sp³-hybridized carbons (Fsp3) is 0.900. The lowest BCUT2D eigenvalue weighted by Crippen LogP contribution is -2.26. The third-order valence-electron chi connectivity index (χ3n) is 2.23. The van der Waals surface area contributed by atoms with E-state index in [1.807, 2.05) is 20.8 Å². The van der Waals surface area contributed by atoms with Crippen molar-refractivity contribution < 1.29 is 19.7 Å². The van der Waals surface area contributed by atoms with Crippen LogP contribution in [0.2, 0.25) is 0 Å². The zero-order valence-electron chi connectivity index (χ0n) is 8.86. The minimum atomic E-state index is -0.785. The molecule has 82 valence electrons. The van der Waals surface area contributed by atoms with Crippen LogP contribution in [-0.4, -0.2) is 34.5 Å². The third kappa shape index (κ3) is 2.96. The summed E-state index contributed by atoms with van der Waals surface area (Å²) < 4.78 is 5.15. The molecule has 0 radical (unpaired) electrons. The molecule has 3 atom stereocenters. The van der Waals surface area contributed by atoms with Crippen molar-refractivity contribution in [2.75, 3.05) is 6.61 Å². The Morgan fingerprint density at radius 1 is 1.57 bits per heavy atom. The summed E-state index contributed by atoms with van der Waals surface area (Å²) in [5.74, 6) is -0.610. The number of hydrogen-bond acceptors (Lipinski definition) is 4. The van der Waals surface area contributed by atoms with Crippen molar-refractivity contribution in [2.24, 2.45) is 11.8 Å². The van der Waals surface area contributed by atoms with E-state index in [4.69, 9.17) is 9.84 Å². The fourth-order valence-corrected chi connectivity index (χ4v) is 1.42. The molecule has 0 unspecified atom stereocenters. The van der Waals surface area contributed by atoms with Crippen LogP contribution in [-0.2, 0) is 9.53 Å². The molecule has 1 rings (SSSR count). The van der Waals surface area contributed by atoms with Crippen LogP contribution in [0.25, 0.3) is 0 Å². The average Bonchev–Trinajstić information content (AvgIpc) is 2.78. The van der Waals surface area contributed by atoms with Crippen LogP contribution in [0.4, 0.5) is 0 Å². The van der Waals surface area contributed by atoms with Crippen LogP contribution in [0.15, 0.2) is 0 Å². The number of aliphatic hydroxyl groups is 2. The van der Waals surface area contributed by atoms with E-state index in [0.29, 0.717) is 6.42 Å². The molecule has 0 saturated heterocycles. The highest BCUT2D eigenvalue weighted by Crippen LogP contribution is 2.42. The maximum Gasteiger partial charge on any atom is 0.309 e. The zero-order valence-corrected chi connectivity index (χ0v) is 8.86. The maximum atomic E-state index is 11.4. The Morgan fingerprint density at radius 3 is 2.57 bits per heavy atom. The van der Waals surface area contributed by atoms with Crippen molar-refractivity contribution in [3.8, 4) is 0 Å². The second kappa shape index (κ2) is 3.87. The molecule has 4 nitrogen and oxygen atoms in total. The van der Waals surface area contributed by atoms with Crippen LogP contribution in [0.1, 0.15) is 27.2 Å². The minimum absolute atomic E-state index is 0.116. The summed E-state index contributed by atoms with van der Waals surface area (Å²) in [6.07, 6.45) is -0.163. The summed E-state index contributed by atoms with van der Waals surface area (Å²) in [6, 6.07) is 0. The topological polar surface area (TPSA) is 66.8 Å². The lowest BCUT2D eigenvalue weighted by Gasteiger charge is -2.19. The second-order valence-corrected chi connectivity index (χ2v) is 4.79. The van der Waals surface area contributed by atoms with Crippen molar-refractivity contribution in [2.45, 2.75) is 38.9 Å². The van der Waals surface area contributed by atoms with Gasteiger partial charge in [0.15, 0.2) is 0 Å². The van der Waals surface area contributed by atoms with Crippen LogP contribution in [0.5, 0.6) is 0 Å². The van der Waals surface area contributed by atoms with Gasteiger partial charge in [0.05, 0.1) is 18.6 Å². The first-order valence-corrected chi connectivity index (χ1v) is 4.87. The Labute approximate surface area is 83.9 Å². The molecule has 0 bridgehead atoms. The Morgan fingerprint density at radius 2 is 2.14 bits per heavy atom. The predicted molar refractivity (Wildman–Crippen MR) is 50.5 cm³/mol. The molecule has 1 aliphatic carbocycles. The minimum Gasteiger partial charge on any atom is -0.460 e.